The molecule has 1 saturated carbocycles. The van der Waals surface area contributed by atoms with Gasteiger partial charge in [-0.2, -0.15) is 0 Å². The highest BCUT2D eigenvalue weighted by Gasteiger charge is 2.49. The van der Waals surface area contributed by atoms with Gasteiger partial charge in [0, 0.05) is 4.47 Å². The minimum Gasteiger partial charge on any atom is -0.275 e. The van der Waals surface area contributed by atoms with Gasteiger partial charge in [-0.1, -0.05) is 40.9 Å². The third-order valence-corrected chi connectivity index (χ3v) is 5.14. The van der Waals surface area contributed by atoms with Gasteiger partial charge in [0.1, 0.15) is 0 Å². The molecule has 1 saturated heterocycles. The van der Waals surface area contributed by atoms with Crippen molar-refractivity contribution in [2.45, 2.75) is 38.6 Å². The van der Waals surface area contributed by atoms with Crippen molar-refractivity contribution in [1.29, 1.82) is 0 Å². The van der Waals surface area contributed by atoms with Gasteiger partial charge in [-0.05, 0) is 37.5 Å². The number of rotatable bonds is 2. The molecule has 1 heterocycles. The average molecular weight is 336 g/mol. The van der Waals surface area contributed by atoms with Gasteiger partial charge in [-0.15, -0.1) is 0 Å². The van der Waals surface area contributed by atoms with Crippen LogP contribution in [0.1, 0.15) is 44.2 Å². The second kappa shape index (κ2) is 5.32. The Morgan fingerprint density at radius 1 is 1.05 bits per heavy atom. The van der Waals surface area contributed by atoms with Gasteiger partial charge in [0.25, 0.3) is 0 Å². The lowest BCUT2D eigenvalue weighted by molar-refractivity contribution is -0.142. The molecule has 3 atom stereocenters. The van der Waals surface area contributed by atoms with E-state index in [0.717, 1.165) is 35.7 Å². The molecule has 1 aliphatic carbocycles. The smallest absolute Gasteiger partial charge is 0.233 e. The van der Waals surface area contributed by atoms with Gasteiger partial charge in [0.05, 0.1) is 17.9 Å². The summed E-state index contributed by atoms with van der Waals surface area (Å²) in [6, 6.07) is 7.66. The molecule has 2 amide bonds. The van der Waals surface area contributed by atoms with Crippen LogP contribution in [0.4, 0.5) is 0 Å². The van der Waals surface area contributed by atoms with Gasteiger partial charge < -0.3 is 0 Å². The van der Waals surface area contributed by atoms with Crippen molar-refractivity contribution in [3.63, 3.8) is 0 Å². The zero-order chi connectivity index (χ0) is 14.3. The fourth-order valence-corrected chi connectivity index (χ4v) is 3.72. The Balaban J connectivity index is 1.87. The number of benzene rings is 1. The molecule has 0 radical (unpaired) electrons. The molecule has 0 bridgehead atoms. The predicted molar refractivity (Wildman–Crippen MR) is 79.9 cm³/mol. The SMILES string of the molecule is CC(c1ccc(Br)cc1)N1C(=O)C2CCCCC2C1=O. The number of hydrogen-bond donors (Lipinski definition) is 0. The van der Waals surface area contributed by atoms with Crippen LogP contribution in [0.25, 0.3) is 0 Å². The number of hydrogen-bond acceptors (Lipinski definition) is 2. The number of halogens is 1. The Labute approximate surface area is 127 Å². The van der Waals surface area contributed by atoms with E-state index in [-0.39, 0.29) is 29.7 Å². The zero-order valence-electron chi connectivity index (χ0n) is 11.5. The molecule has 1 aromatic rings. The summed E-state index contributed by atoms with van der Waals surface area (Å²) in [5.74, 6) is -0.0477. The van der Waals surface area contributed by atoms with Crippen LogP contribution in [-0.2, 0) is 9.59 Å². The lowest BCUT2D eigenvalue weighted by Gasteiger charge is -2.23. The molecule has 3 rings (SSSR count). The third-order valence-electron chi connectivity index (χ3n) is 4.61. The van der Waals surface area contributed by atoms with Crippen molar-refractivity contribution >= 4 is 27.7 Å². The molecule has 0 N–H and O–H groups in total. The van der Waals surface area contributed by atoms with E-state index in [9.17, 15) is 9.59 Å². The summed E-state index contributed by atoms with van der Waals surface area (Å²) in [5.41, 5.74) is 1.01. The van der Waals surface area contributed by atoms with Gasteiger partial charge in [-0.3, -0.25) is 14.5 Å². The Morgan fingerprint density at radius 2 is 1.55 bits per heavy atom. The Bertz CT molecular complexity index is 516. The fourth-order valence-electron chi connectivity index (χ4n) is 3.46. The minimum absolute atomic E-state index is 0.0371. The largest absolute Gasteiger partial charge is 0.275 e. The van der Waals surface area contributed by atoms with Crippen molar-refractivity contribution < 1.29 is 9.59 Å². The Morgan fingerprint density at radius 3 is 2.05 bits per heavy atom. The number of amides is 2. The highest BCUT2D eigenvalue weighted by Crippen LogP contribution is 2.41. The highest BCUT2D eigenvalue weighted by atomic mass is 79.9. The number of likely N-dealkylation sites (tertiary alicyclic amines) is 1. The first-order valence-electron chi connectivity index (χ1n) is 7.22. The van der Waals surface area contributed by atoms with Gasteiger partial charge in [0.15, 0.2) is 0 Å². The van der Waals surface area contributed by atoms with E-state index in [1.54, 1.807) is 0 Å². The number of imide groups is 1. The van der Waals surface area contributed by atoms with E-state index in [1.807, 2.05) is 31.2 Å². The van der Waals surface area contributed by atoms with Crippen molar-refractivity contribution in [2.75, 3.05) is 0 Å². The second-order valence-corrected chi connectivity index (χ2v) is 6.69. The molecule has 3 unspecified atom stereocenters. The van der Waals surface area contributed by atoms with Crippen molar-refractivity contribution in [3.8, 4) is 0 Å². The lowest BCUT2D eigenvalue weighted by atomic mass is 9.81. The van der Waals surface area contributed by atoms with E-state index < -0.39 is 0 Å². The normalized spacial score (nSPS) is 27.6. The molecule has 4 heteroatoms. The molecule has 2 fully saturated rings. The van der Waals surface area contributed by atoms with E-state index in [2.05, 4.69) is 15.9 Å². The summed E-state index contributed by atoms with van der Waals surface area (Å²) in [5, 5.41) is 0. The van der Waals surface area contributed by atoms with Crippen molar-refractivity contribution in [1.82, 2.24) is 4.90 Å². The van der Waals surface area contributed by atoms with Crippen LogP contribution in [-0.4, -0.2) is 16.7 Å². The molecule has 1 aromatic carbocycles. The van der Waals surface area contributed by atoms with Crippen molar-refractivity contribution in [3.05, 3.63) is 34.3 Å². The first-order chi connectivity index (χ1) is 9.59. The minimum atomic E-state index is -0.172. The molecule has 2 aliphatic rings. The maximum Gasteiger partial charge on any atom is 0.233 e. The summed E-state index contributed by atoms with van der Waals surface area (Å²) in [7, 11) is 0. The molecular weight excluding hydrogens is 318 g/mol. The van der Waals surface area contributed by atoms with Crippen LogP contribution >= 0.6 is 15.9 Å². The standard InChI is InChI=1S/C16H18BrNO2/c1-10(11-6-8-12(17)9-7-11)18-15(19)13-4-2-3-5-14(13)16(18)20/h6-10,13-14H,2-5H2,1H3. The molecule has 3 nitrogen and oxygen atoms in total. The molecular formula is C16H18BrNO2. The topological polar surface area (TPSA) is 37.4 Å². The predicted octanol–water partition coefficient (Wildman–Crippen LogP) is 3.69. The number of carbonyl (C=O) groups is 2. The van der Waals surface area contributed by atoms with Gasteiger partial charge >= 0.3 is 0 Å². The summed E-state index contributed by atoms with van der Waals surface area (Å²) < 4.78 is 1.00. The fraction of sp³-hybridized carbons (Fsp3) is 0.500. The second-order valence-electron chi connectivity index (χ2n) is 5.77. The van der Waals surface area contributed by atoms with Crippen molar-refractivity contribution in [2.24, 2.45) is 11.8 Å². The summed E-state index contributed by atoms with van der Waals surface area (Å²) >= 11 is 3.40. The van der Waals surface area contributed by atoms with Gasteiger partial charge in [0.2, 0.25) is 11.8 Å². The van der Waals surface area contributed by atoms with E-state index >= 15 is 0 Å². The number of carbonyl (C=O) groups excluding carboxylic acids is 2. The summed E-state index contributed by atoms with van der Waals surface area (Å²) in [6.45, 7) is 1.94. The maximum atomic E-state index is 12.5. The zero-order valence-corrected chi connectivity index (χ0v) is 13.1. The first-order valence-corrected chi connectivity index (χ1v) is 8.01. The number of nitrogens with zero attached hydrogens (tertiary/aromatic N) is 1. The molecule has 1 aliphatic heterocycles. The highest BCUT2D eigenvalue weighted by molar-refractivity contribution is 9.10. The molecule has 0 spiro atoms. The summed E-state index contributed by atoms with van der Waals surface area (Å²) in [4.78, 5) is 26.6. The monoisotopic (exact) mass is 335 g/mol. The third kappa shape index (κ3) is 2.20. The number of fused-ring (bicyclic) bond motifs is 1. The first kappa shape index (κ1) is 13.8. The Hall–Kier alpha value is -1.16. The summed E-state index contributed by atoms with van der Waals surface area (Å²) in [6.07, 6.45) is 3.89. The van der Waals surface area contributed by atoms with E-state index in [0.29, 0.717) is 0 Å². The average Bonchev–Trinajstić information content (AvgIpc) is 2.72. The van der Waals surface area contributed by atoms with Gasteiger partial charge in [-0.25, -0.2) is 0 Å². The molecule has 20 heavy (non-hydrogen) atoms. The quantitative estimate of drug-likeness (QED) is 0.773. The van der Waals surface area contributed by atoms with E-state index in [1.165, 1.54) is 4.90 Å². The van der Waals surface area contributed by atoms with Crippen LogP contribution in [0.2, 0.25) is 0 Å². The van der Waals surface area contributed by atoms with Crippen LogP contribution < -0.4 is 0 Å². The lowest BCUT2D eigenvalue weighted by Crippen LogP contribution is -2.33. The van der Waals surface area contributed by atoms with Crippen LogP contribution in [0.3, 0.4) is 0 Å². The van der Waals surface area contributed by atoms with Crippen LogP contribution in [0.5, 0.6) is 0 Å². The Kier molecular flexibility index (Phi) is 3.67. The van der Waals surface area contributed by atoms with Crippen LogP contribution in [0, 0.1) is 11.8 Å². The van der Waals surface area contributed by atoms with Crippen LogP contribution in [0.15, 0.2) is 28.7 Å². The molecule has 0 aromatic heterocycles. The van der Waals surface area contributed by atoms with E-state index in [4.69, 9.17) is 0 Å². The molecule has 106 valence electrons. The maximum absolute atomic E-state index is 12.5.